The molecule has 100 valence electrons. The molecule has 0 radical (unpaired) electrons. The van der Waals surface area contributed by atoms with Gasteiger partial charge in [-0.1, -0.05) is 18.2 Å². The molecule has 2 rings (SSSR count). The molecule has 0 aromatic heterocycles. The summed E-state index contributed by atoms with van der Waals surface area (Å²) in [6, 6.07) is 7.82. The van der Waals surface area contributed by atoms with Gasteiger partial charge in [0, 0.05) is 5.56 Å². The van der Waals surface area contributed by atoms with E-state index in [2.05, 4.69) is 0 Å². The average molecular weight is 265 g/mol. The predicted molar refractivity (Wildman–Crippen MR) is 68.1 cm³/mol. The Balaban J connectivity index is 2.62. The SMILES string of the molecule is Cc1ccc(F)c(C(C)(N)c2ccc(F)cc2)c1F. The molecule has 2 aromatic rings. The summed E-state index contributed by atoms with van der Waals surface area (Å²) < 4.78 is 40.9. The first-order valence-electron chi connectivity index (χ1n) is 5.84. The Kier molecular flexibility index (Phi) is 3.37. The lowest BCUT2D eigenvalue weighted by Crippen LogP contribution is -2.36. The number of aryl methyl sites for hydroxylation is 1. The summed E-state index contributed by atoms with van der Waals surface area (Å²) in [4.78, 5) is 0. The molecule has 0 aliphatic carbocycles. The molecule has 2 aromatic carbocycles. The highest BCUT2D eigenvalue weighted by Crippen LogP contribution is 2.31. The minimum absolute atomic E-state index is 0.209. The standard InChI is InChI=1S/C15H14F3N/c1-9-3-8-12(17)13(14(9)18)15(2,19)10-4-6-11(16)7-5-10/h3-8H,19H2,1-2H3. The van der Waals surface area contributed by atoms with Gasteiger partial charge in [-0.3, -0.25) is 0 Å². The molecule has 0 saturated carbocycles. The molecule has 0 aliphatic heterocycles. The lowest BCUT2D eigenvalue weighted by atomic mass is 9.84. The Morgan fingerprint density at radius 2 is 1.53 bits per heavy atom. The van der Waals surface area contributed by atoms with Gasteiger partial charge in [-0.25, -0.2) is 13.2 Å². The van der Waals surface area contributed by atoms with Gasteiger partial charge in [0.1, 0.15) is 17.5 Å². The van der Waals surface area contributed by atoms with Crippen LogP contribution in [-0.4, -0.2) is 0 Å². The maximum absolute atomic E-state index is 14.1. The van der Waals surface area contributed by atoms with Crippen molar-refractivity contribution < 1.29 is 13.2 Å². The van der Waals surface area contributed by atoms with Crippen molar-refractivity contribution in [2.75, 3.05) is 0 Å². The van der Waals surface area contributed by atoms with E-state index in [0.29, 0.717) is 11.1 Å². The number of nitrogens with two attached hydrogens (primary N) is 1. The summed E-state index contributed by atoms with van der Waals surface area (Å²) in [5.41, 5.74) is 5.26. The van der Waals surface area contributed by atoms with Gasteiger partial charge in [-0.2, -0.15) is 0 Å². The highest BCUT2D eigenvalue weighted by molar-refractivity contribution is 5.40. The predicted octanol–water partition coefficient (Wildman–Crippen LogP) is 3.63. The normalized spacial score (nSPS) is 14.2. The molecule has 1 unspecified atom stereocenters. The van der Waals surface area contributed by atoms with Gasteiger partial charge in [0.15, 0.2) is 0 Å². The molecule has 0 bridgehead atoms. The van der Waals surface area contributed by atoms with E-state index in [9.17, 15) is 13.2 Å². The van der Waals surface area contributed by atoms with Gasteiger partial charge in [0.25, 0.3) is 0 Å². The maximum Gasteiger partial charge on any atom is 0.134 e. The number of rotatable bonds is 2. The van der Waals surface area contributed by atoms with E-state index in [4.69, 9.17) is 5.73 Å². The number of hydrogen-bond donors (Lipinski definition) is 1. The van der Waals surface area contributed by atoms with Crippen LogP contribution < -0.4 is 5.73 Å². The van der Waals surface area contributed by atoms with Crippen molar-refractivity contribution in [2.24, 2.45) is 5.73 Å². The van der Waals surface area contributed by atoms with E-state index in [1.165, 1.54) is 43.3 Å². The van der Waals surface area contributed by atoms with Crippen molar-refractivity contribution in [1.82, 2.24) is 0 Å². The van der Waals surface area contributed by atoms with Crippen LogP contribution in [0.3, 0.4) is 0 Å². The molecule has 19 heavy (non-hydrogen) atoms. The molecule has 0 fully saturated rings. The van der Waals surface area contributed by atoms with E-state index in [1.807, 2.05) is 0 Å². The van der Waals surface area contributed by atoms with Crippen molar-refractivity contribution in [3.63, 3.8) is 0 Å². The van der Waals surface area contributed by atoms with Gasteiger partial charge in [0.05, 0.1) is 5.54 Å². The second-order valence-electron chi connectivity index (χ2n) is 4.76. The summed E-state index contributed by atoms with van der Waals surface area (Å²) >= 11 is 0. The Labute approximate surface area is 109 Å². The number of halogens is 3. The van der Waals surface area contributed by atoms with E-state index in [0.717, 1.165) is 0 Å². The zero-order chi connectivity index (χ0) is 14.2. The molecule has 1 nitrogen and oxygen atoms in total. The third-order valence-corrected chi connectivity index (χ3v) is 3.25. The lowest BCUT2D eigenvalue weighted by molar-refractivity contribution is 0.478. The monoisotopic (exact) mass is 265 g/mol. The Morgan fingerprint density at radius 1 is 0.947 bits per heavy atom. The smallest absolute Gasteiger partial charge is 0.134 e. The Morgan fingerprint density at radius 3 is 2.11 bits per heavy atom. The van der Waals surface area contributed by atoms with Crippen LogP contribution in [0.1, 0.15) is 23.6 Å². The fourth-order valence-electron chi connectivity index (χ4n) is 2.07. The largest absolute Gasteiger partial charge is 0.318 e. The van der Waals surface area contributed by atoms with Crippen LogP contribution in [-0.2, 0) is 5.54 Å². The fraction of sp³-hybridized carbons (Fsp3) is 0.200. The number of benzene rings is 2. The third-order valence-electron chi connectivity index (χ3n) is 3.25. The zero-order valence-electron chi connectivity index (χ0n) is 10.7. The number of hydrogen-bond acceptors (Lipinski definition) is 1. The van der Waals surface area contributed by atoms with E-state index in [-0.39, 0.29) is 5.56 Å². The van der Waals surface area contributed by atoms with Crippen molar-refractivity contribution in [3.05, 3.63) is 70.5 Å². The molecular weight excluding hydrogens is 251 g/mol. The highest BCUT2D eigenvalue weighted by atomic mass is 19.1. The van der Waals surface area contributed by atoms with Crippen molar-refractivity contribution in [3.8, 4) is 0 Å². The first-order chi connectivity index (χ1) is 8.84. The first kappa shape index (κ1) is 13.6. The molecule has 0 saturated heterocycles. The van der Waals surface area contributed by atoms with E-state index in [1.54, 1.807) is 6.92 Å². The summed E-state index contributed by atoms with van der Waals surface area (Å²) in [7, 11) is 0. The quantitative estimate of drug-likeness (QED) is 0.881. The molecule has 4 heteroatoms. The topological polar surface area (TPSA) is 26.0 Å². The second kappa shape index (κ2) is 4.70. The molecule has 0 amide bonds. The summed E-state index contributed by atoms with van der Waals surface area (Å²) in [6.07, 6.45) is 0. The summed E-state index contributed by atoms with van der Waals surface area (Å²) in [5.74, 6) is -1.81. The zero-order valence-corrected chi connectivity index (χ0v) is 10.7. The van der Waals surface area contributed by atoms with E-state index >= 15 is 0 Å². The minimum Gasteiger partial charge on any atom is -0.318 e. The molecule has 0 aliphatic rings. The highest BCUT2D eigenvalue weighted by Gasteiger charge is 2.31. The van der Waals surface area contributed by atoms with Gasteiger partial charge >= 0.3 is 0 Å². The van der Waals surface area contributed by atoms with Gasteiger partial charge in [-0.05, 0) is 43.2 Å². The van der Waals surface area contributed by atoms with Crippen LogP contribution in [0.4, 0.5) is 13.2 Å². The second-order valence-corrected chi connectivity index (χ2v) is 4.76. The summed E-state index contributed by atoms with van der Waals surface area (Å²) in [6.45, 7) is 3.04. The van der Waals surface area contributed by atoms with Crippen molar-refractivity contribution in [1.29, 1.82) is 0 Å². The van der Waals surface area contributed by atoms with E-state index < -0.39 is 23.0 Å². The van der Waals surface area contributed by atoms with Crippen LogP contribution >= 0.6 is 0 Å². The molecule has 0 heterocycles. The van der Waals surface area contributed by atoms with Crippen LogP contribution in [0, 0.1) is 24.4 Å². The van der Waals surface area contributed by atoms with Crippen LogP contribution in [0.5, 0.6) is 0 Å². The molecule has 2 N–H and O–H groups in total. The third kappa shape index (κ3) is 2.36. The summed E-state index contributed by atoms with van der Waals surface area (Å²) in [5, 5.41) is 0. The minimum atomic E-state index is -1.37. The van der Waals surface area contributed by atoms with Crippen LogP contribution in [0.2, 0.25) is 0 Å². The van der Waals surface area contributed by atoms with Gasteiger partial charge in [0.2, 0.25) is 0 Å². The van der Waals surface area contributed by atoms with Gasteiger partial charge < -0.3 is 5.73 Å². The lowest BCUT2D eigenvalue weighted by Gasteiger charge is -2.27. The first-order valence-corrected chi connectivity index (χ1v) is 5.84. The molecular formula is C15H14F3N. The van der Waals surface area contributed by atoms with Crippen molar-refractivity contribution in [2.45, 2.75) is 19.4 Å². The van der Waals surface area contributed by atoms with Crippen LogP contribution in [0.25, 0.3) is 0 Å². The Bertz CT molecular complexity index is 604. The molecule has 0 spiro atoms. The molecule has 1 atom stereocenters. The fourth-order valence-corrected chi connectivity index (χ4v) is 2.07. The van der Waals surface area contributed by atoms with Gasteiger partial charge in [-0.15, -0.1) is 0 Å². The van der Waals surface area contributed by atoms with Crippen LogP contribution in [0.15, 0.2) is 36.4 Å². The average Bonchev–Trinajstić information content (AvgIpc) is 2.34. The maximum atomic E-state index is 14.1. The van der Waals surface area contributed by atoms with Crippen molar-refractivity contribution >= 4 is 0 Å². The Hall–Kier alpha value is -1.81.